The second kappa shape index (κ2) is 32.3. The van der Waals surface area contributed by atoms with Gasteiger partial charge < -0.3 is 27.0 Å². The largest absolute Gasteiger partial charge is 2.00 e. The Labute approximate surface area is 80.9 Å². The summed E-state index contributed by atoms with van der Waals surface area (Å²) in [5.74, 6) is 0. The van der Waals surface area contributed by atoms with Crippen molar-refractivity contribution in [2.24, 2.45) is 0 Å². The van der Waals surface area contributed by atoms with Gasteiger partial charge >= 0.3 is 54.8 Å². The van der Waals surface area contributed by atoms with Gasteiger partial charge in [-0.3, -0.25) is 0 Å². The molecule has 0 atom stereocenters. The van der Waals surface area contributed by atoms with Crippen molar-refractivity contribution in [3.05, 3.63) is 0 Å². The molecule has 22 valence electrons. The van der Waals surface area contributed by atoms with E-state index in [0.717, 1.165) is 0 Å². The van der Waals surface area contributed by atoms with Gasteiger partial charge in [-0.25, -0.2) is 0 Å². The first-order valence-electron chi connectivity index (χ1n) is 0. The third-order valence-electron chi connectivity index (χ3n) is 0. The summed E-state index contributed by atoms with van der Waals surface area (Å²) in [7, 11) is 0. The molecule has 0 fully saturated rings. The van der Waals surface area contributed by atoms with Gasteiger partial charge in [0.1, 0.15) is 0 Å². The van der Waals surface area contributed by atoms with Gasteiger partial charge in [-0.2, -0.15) is 0 Å². The molecule has 0 bridgehead atoms. The van der Waals surface area contributed by atoms with E-state index in [0.29, 0.717) is 0 Å². The van der Waals surface area contributed by atoms with E-state index in [9.17, 15) is 0 Å². The van der Waals surface area contributed by atoms with E-state index in [1.54, 1.807) is 0 Å². The third-order valence-corrected chi connectivity index (χ3v) is 0. The molecule has 0 aliphatic heterocycles. The Balaban J connectivity index is 0. The van der Waals surface area contributed by atoms with Crippen LogP contribution in [0.25, 0.3) is 0 Å². The SMILES string of the molecule is [Fe+2].[Li+].[Li+].[S-2].[S-2]. The minimum Gasteiger partial charge on any atom is -2.00 e. The Bertz CT molecular complexity index is 7.61. The van der Waals surface area contributed by atoms with Gasteiger partial charge in [0.05, 0.1) is 0 Å². The molecule has 0 aromatic rings. The van der Waals surface area contributed by atoms with Crippen molar-refractivity contribution < 1.29 is 54.8 Å². The molecule has 0 rings (SSSR count). The fourth-order valence-electron chi connectivity index (χ4n) is 0. The van der Waals surface area contributed by atoms with E-state index in [-0.39, 0.29) is 81.8 Å². The van der Waals surface area contributed by atoms with Crippen LogP contribution in [0.5, 0.6) is 0 Å². The molecule has 0 saturated carbocycles. The van der Waals surface area contributed by atoms with Crippen LogP contribution in [-0.4, -0.2) is 0 Å². The first-order chi connectivity index (χ1) is 0. The zero-order valence-corrected chi connectivity index (χ0v) is 5.91. The predicted octanol–water partition coefficient (Wildman–Crippen LogP) is -6.00. The summed E-state index contributed by atoms with van der Waals surface area (Å²) in [6, 6.07) is 0. The average molecular weight is 134 g/mol. The summed E-state index contributed by atoms with van der Waals surface area (Å²) >= 11 is 0. The maximum Gasteiger partial charge on any atom is 2.00 e. The van der Waals surface area contributed by atoms with Crippen LogP contribution >= 0.6 is 0 Å². The van der Waals surface area contributed by atoms with Crippen LogP contribution in [0.2, 0.25) is 0 Å². The van der Waals surface area contributed by atoms with Crippen LogP contribution in [0, 0.1) is 0 Å². The van der Waals surface area contributed by atoms with Gasteiger partial charge in [-0.15, -0.1) is 0 Å². The molecule has 5 heavy (non-hydrogen) atoms. The summed E-state index contributed by atoms with van der Waals surface area (Å²) < 4.78 is 0. The molecule has 0 saturated heterocycles. The minimum absolute atomic E-state index is 0. The van der Waals surface area contributed by atoms with E-state index in [2.05, 4.69) is 0 Å². The van der Waals surface area contributed by atoms with Crippen molar-refractivity contribution in [2.45, 2.75) is 0 Å². The van der Waals surface area contributed by atoms with Crippen molar-refractivity contribution in [1.29, 1.82) is 0 Å². The summed E-state index contributed by atoms with van der Waals surface area (Å²) in [4.78, 5) is 0. The fourth-order valence-corrected chi connectivity index (χ4v) is 0. The Morgan fingerprint density at radius 3 is 0.600 bits per heavy atom. The van der Waals surface area contributed by atoms with E-state index in [4.69, 9.17) is 0 Å². The number of hydrogen-bond acceptors (Lipinski definition) is 0. The van der Waals surface area contributed by atoms with Gasteiger partial charge in [-0.05, 0) is 0 Å². The van der Waals surface area contributed by atoms with Crippen LogP contribution < -0.4 is 37.7 Å². The molecule has 0 heterocycles. The molecule has 0 aliphatic rings. The van der Waals surface area contributed by atoms with Gasteiger partial charge in [0, 0.05) is 0 Å². The molecule has 0 amide bonds. The van der Waals surface area contributed by atoms with Crippen LogP contribution in [-0.2, 0) is 44.1 Å². The van der Waals surface area contributed by atoms with Gasteiger partial charge in [-0.1, -0.05) is 0 Å². The van der Waals surface area contributed by atoms with E-state index < -0.39 is 0 Å². The number of hydrogen-bond donors (Lipinski definition) is 0. The summed E-state index contributed by atoms with van der Waals surface area (Å²) in [5.41, 5.74) is 0. The molecular formula is FeLi2S2. The smallest absolute Gasteiger partial charge is 2.00 e. The van der Waals surface area contributed by atoms with Crippen LogP contribution in [0.4, 0.5) is 0 Å². The second-order valence-corrected chi connectivity index (χ2v) is 0. The van der Waals surface area contributed by atoms with Gasteiger partial charge in [0.15, 0.2) is 0 Å². The van der Waals surface area contributed by atoms with Gasteiger partial charge in [0.25, 0.3) is 0 Å². The molecule has 5 heteroatoms. The fraction of sp³-hybridized carbons (Fsp3) is 0. The molecule has 0 aliphatic carbocycles. The minimum atomic E-state index is 0. The van der Waals surface area contributed by atoms with Crippen molar-refractivity contribution in [1.82, 2.24) is 0 Å². The topological polar surface area (TPSA) is 0 Å². The summed E-state index contributed by atoms with van der Waals surface area (Å²) in [6.45, 7) is 0. The third kappa shape index (κ3) is 21.4. The maximum absolute atomic E-state index is 0. The molecule has 0 aromatic carbocycles. The van der Waals surface area contributed by atoms with Crippen LogP contribution in [0.3, 0.4) is 0 Å². The second-order valence-electron chi connectivity index (χ2n) is 0. The van der Waals surface area contributed by atoms with Crippen molar-refractivity contribution >= 4 is 27.0 Å². The zero-order chi connectivity index (χ0) is 0. The van der Waals surface area contributed by atoms with E-state index >= 15 is 0 Å². The Morgan fingerprint density at radius 2 is 0.600 bits per heavy atom. The molecule has 0 spiro atoms. The Kier molecular flexibility index (Phi) is 338. The first-order valence-corrected chi connectivity index (χ1v) is 0. The monoisotopic (exact) mass is 134 g/mol. The Morgan fingerprint density at radius 1 is 0.600 bits per heavy atom. The predicted molar refractivity (Wildman–Crippen MR) is 14.7 cm³/mol. The van der Waals surface area contributed by atoms with Gasteiger partial charge in [0.2, 0.25) is 0 Å². The average Bonchev–Trinajstić information content (AvgIpc) is 0. The first kappa shape index (κ1) is 52.3. The van der Waals surface area contributed by atoms with E-state index in [1.165, 1.54) is 0 Å². The van der Waals surface area contributed by atoms with Crippen molar-refractivity contribution in [3.8, 4) is 0 Å². The Hall–Kier alpha value is 2.41. The molecule has 0 N–H and O–H groups in total. The molecule has 0 radical (unpaired) electrons. The van der Waals surface area contributed by atoms with Crippen LogP contribution in [0.15, 0.2) is 0 Å². The standard InChI is InChI=1S/Fe.2Li.2S/q+2;2*+1;2*-2. The van der Waals surface area contributed by atoms with Crippen LogP contribution in [0.1, 0.15) is 0 Å². The quantitative estimate of drug-likeness (QED) is 0.289. The maximum atomic E-state index is 0. The zero-order valence-electron chi connectivity index (χ0n) is 3.17. The van der Waals surface area contributed by atoms with Crippen molar-refractivity contribution in [3.63, 3.8) is 0 Å². The summed E-state index contributed by atoms with van der Waals surface area (Å²) in [5, 5.41) is 0. The molecule has 0 unspecified atom stereocenters. The normalized spacial score (nSPS) is 0. The number of rotatable bonds is 0. The molecule has 0 nitrogen and oxygen atoms in total. The molecular weight excluding hydrogens is 134 g/mol. The van der Waals surface area contributed by atoms with E-state index in [1.807, 2.05) is 0 Å². The van der Waals surface area contributed by atoms with Crippen molar-refractivity contribution in [2.75, 3.05) is 0 Å². The summed E-state index contributed by atoms with van der Waals surface area (Å²) in [6.07, 6.45) is 0. The molecule has 0 aromatic heterocycles.